The Kier molecular flexibility index (Phi) is 4.84. The quantitative estimate of drug-likeness (QED) is 0.739. The molecule has 1 aliphatic rings. The van der Waals surface area contributed by atoms with E-state index in [1.165, 1.54) is 11.3 Å². The first-order valence-electron chi connectivity index (χ1n) is 6.15. The van der Waals surface area contributed by atoms with Gasteiger partial charge in [0.1, 0.15) is 0 Å². The molecule has 6 heteroatoms. The van der Waals surface area contributed by atoms with Crippen LogP contribution in [-0.2, 0) is 4.79 Å². The van der Waals surface area contributed by atoms with Gasteiger partial charge in [-0.2, -0.15) is 0 Å². The normalized spacial score (nSPS) is 26.6. The van der Waals surface area contributed by atoms with Gasteiger partial charge < -0.3 is 5.11 Å². The number of Topliss-reactive ketones (excluding diaryl/α,β-unsaturated/α-hetero) is 1. The second-order valence-electron chi connectivity index (χ2n) is 4.89. The monoisotopic (exact) mass is 408 g/mol. The summed E-state index contributed by atoms with van der Waals surface area (Å²) in [6, 6.07) is 1.77. The number of halogens is 2. The molecule has 3 nitrogen and oxygen atoms in total. The summed E-state index contributed by atoms with van der Waals surface area (Å²) in [6.07, 6.45) is 2.25. The van der Waals surface area contributed by atoms with Crippen LogP contribution in [0.5, 0.6) is 0 Å². The molecule has 0 aliphatic heterocycles. The van der Waals surface area contributed by atoms with Gasteiger partial charge >= 0.3 is 5.97 Å². The number of rotatable bonds is 4. The first kappa shape index (κ1) is 15.2. The van der Waals surface area contributed by atoms with Crippen LogP contribution < -0.4 is 0 Å². The zero-order chi connectivity index (χ0) is 14.2. The fourth-order valence-electron chi connectivity index (χ4n) is 2.69. The lowest BCUT2D eigenvalue weighted by molar-refractivity contribution is -0.142. The van der Waals surface area contributed by atoms with E-state index in [-0.39, 0.29) is 11.7 Å². The number of carbonyl (C=O) groups is 2. The number of ketones is 1. The van der Waals surface area contributed by atoms with E-state index in [9.17, 15) is 14.7 Å². The number of carboxylic acids is 1. The summed E-state index contributed by atoms with van der Waals surface area (Å²) in [4.78, 5) is 24.4. The lowest BCUT2D eigenvalue weighted by atomic mass is 9.91. The molecule has 1 N–H and O–H groups in total. The van der Waals surface area contributed by atoms with Crippen LogP contribution in [0.3, 0.4) is 0 Å². The molecule has 3 unspecified atom stereocenters. The van der Waals surface area contributed by atoms with Crippen LogP contribution in [0, 0.1) is 17.8 Å². The number of hydrogen-bond acceptors (Lipinski definition) is 3. The van der Waals surface area contributed by atoms with E-state index in [1.54, 1.807) is 6.07 Å². The van der Waals surface area contributed by atoms with Gasteiger partial charge in [0.25, 0.3) is 0 Å². The Bertz CT molecular complexity index is 492. The van der Waals surface area contributed by atoms with Crippen LogP contribution >= 0.6 is 43.2 Å². The predicted molar refractivity (Wildman–Crippen MR) is 81.7 cm³/mol. The third-order valence-electron chi connectivity index (χ3n) is 3.78. The molecule has 1 saturated carbocycles. The average molecular weight is 410 g/mol. The molecule has 1 heterocycles. The van der Waals surface area contributed by atoms with Gasteiger partial charge in [-0.1, -0.05) is 13.3 Å². The molecule has 0 spiro atoms. The zero-order valence-electron chi connectivity index (χ0n) is 10.4. The fraction of sp³-hybridized carbons (Fsp3) is 0.538. The predicted octanol–water partition coefficient (Wildman–Crippen LogP) is 4.59. The SMILES string of the molecule is CCC1CC(C(=O)O)C(C(=O)c2cc(Br)c(Br)s2)C1. The minimum absolute atomic E-state index is 0.0280. The largest absolute Gasteiger partial charge is 0.481 e. The Morgan fingerprint density at radius 1 is 1.37 bits per heavy atom. The summed E-state index contributed by atoms with van der Waals surface area (Å²) in [5, 5.41) is 9.29. The number of hydrogen-bond donors (Lipinski definition) is 1. The number of carbonyl (C=O) groups excluding carboxylic acids is 1. The molecule has 104 valence electrons. The van der Waals surface area contributed by atoms with Crippen molar-refractivity contribution in [3.8, 4) is 0 Å². The highest BCUT2D eigenvalue weighted by Crippen LogP contribution is 2.42. The highest BCUT2D eigenvalue weighted by atomic mass is 79.9. The number of aliphatic carboxylic acids is 1. The molecule has 0 bridgehead atoms. The van der Waals surface area contributed by atoms with Crippen LogP contribution in [0.2, 0.25) is 0 Å². The summed E-state index contributed by atoms with van der Waals surface area (Å²) in [7, 11) is 0. The summed E-state index contributed by atoms with van der Waals surface area (Å²) in [5.41, 5.74) is 0. The molecule has 2 rings (SSSR count). The van der Waals surface area contributed by atoms with E-state index in [0.29, 0.717) is 23.6 Å². The minimum Gasteiger partial charge on any atom is -0.481 e. The molecular formula is C13H14Br2O3S. The molecule has 1 aromatic rings. The highest BCUT2D eigenvalue weighted by molar-refractivity contribution is 9.13. The van der Waals surface area contributed by atoms with Crippen molar-refractivity contribution in [2.24, 2.45) is 17.8 Å². The lowest BCUT2D eigenvalue weighted by Gasteiger charge is -2.12. The maximum atomic E-state index is 12.5. The van der Waals surface area contributed by atoms with Crippen LogP contribution in [-0.4, -0.2) is 16.9 Å². The standard InChI is InChI=1S/C13H14Br2O3S/c1-2-6-3-7(8(4-6)13(17)18)11(16)10-5-9(14)12(15)19-10/h5-8H,2-4H2,1H3,(H,17,18). The third-order valence-corrected chi connectivity index (χ3v) is 7.05. The van der Waals surface area contributed by atoms with Gasteiger partial charge in [0.2, 0.25) is 0 Å². The summed E-state index contributed by atoms with van der Waals surface area (Å²) in [5.74, 6) is -1.43. The van der Waals surface area contributed by atoms with Gasteiger partial charge in [0.15, 0.2) is 5.78 Å². The summed E-state index contributed by atoms with van der Waals surface area (Å²) in [6.45, 7) is 2.05. The molecule has 19 heavy (non-hydrogen) atoms. The fourth-order valence-corrected chi connectivity index (χ4v) is 4.73. The molecule has 0 radical (unpaired) electrons. The van der Waals surface area contributed by atoms with Crippen LogP contribution in [0.25, 0.3) is 0 Å². The van der Waals surface area contributed by atoms with Gasteiger partial charge in [0.05, 0.1) is 14.6 Å². The Balaban J connectivity index is 2.23. The van der Waals surface area contributed by atoms with Crippen LogP contribution in [0.15, 0.2) is 14.3 Å². The van der Waals surface area contributed by atoms with Crippen molar-refractivity contribution < 1.29 is 14.7 Å². The maximum absolute atomic E-state index is 12.5. The smallest absolute Gasteiger partial charge is 0.307 e. The molecule has 0 amide bonds. The Labute approximate surface area is 132 Å². The van der Waals surface area contributed by atoms with Crippen molar-refractivity contribution >= 4 is 54.9 Å². The van der Waals surface area contributed by atoms with Gasteiger partial charge in [-0.15, -0.1) is 11.3 Å². The van der Waals surface area contributed by atoms with E-state index in [4.69, 9.17) is 0 Å². The van der Waals surface area contributed by atoms with Gasteiger partial charge in [0, 0.05) is 10.4 Å². The number of carboxylic acid groups (broad SMARTS) is 1. The van der Waals surface area contributed by atoms with E-state index >= 15 is 0 Å². The molecule has 1 aliphatic carbocycles. The first-order valence-corrected chi connectivity index (χ1v) is 8.56. The molecular weight excluding hydrogens is 396 g/mol. The lowest BCUT2D eigenvalue weighted by Crippen LogP contribution is -2.24. The van der Waals surface area contributed by atoms with Crippen LogP contribution in [0.1, 0.15) is 35.9 Å². The first-order chi connectivity index (χ1) is 8.93. The summed E-state index contributed by atoms with van der Waals surface area (Å²) < 4.78 is 1.71. The van der Waals surface area contributed by atoms with Crippen molar-refractivity contribution in [3.05, 3.63) is 19.2 Å². The van der Waals surface area contributed by atoms with Gasteiger partial charge in [-0.25, -0.2) is 0 Å². The summed E-state index contributed by atoms with van der Waals surface area (Å²) >= 11 is 8.08. The van der Waals surface area contributed by atoms with E-state index in [1.807, 2.05) is 0 Å². The van der Waals surface area contributed by atoms with Crippen molar-refractivity contribution in [2.75, 3.05) is 0 Å². The van der Waals surface area contributed by atoms with Crippen molar-refractivity contribution in [2.45, 2.75) is 26.2 Å². The van der Waals surface area contributed by atoms with Gasteiger partial charge in [-0.3, -0.25) is 9.59 Å². The van der Waals surface area contributed by atoms with E-state index < -0.39 is 11.9 Å². The second kappa shape index (κ2) is 6.06. The van der Waals surface area contributed by atoms with E-state index in [0.717, 1.165) is 14.7 Å². The van der Waals surface area contributed by atoms with Gasteiger partial charge in [-0.05, 0) is 56.7 Å². The van der Waals surface area contributed by atoms with Crippen molar-refractivity contribution in [1.82, 2.24) is 0 Å². The second-order valence-corrected chi connectivity index (χ2v) is 8.12. The highest BCUT2D eigenvalue weighted by Gasteiger charge is 2.42. The molecule has 1 aromatic heterocycles. The van der Waals surface area contributed by atoms with Crippen LogP contribution in [0.4, 0.5) is 0 Å². The molecule has 1 fully saturated rings. The topological polar surface area (TPSA) is 54.4 Å². The minimum atomic E-state index is -0.844. The zero-order valence-corrected chi connectivity index (χ0v) is 14.3. The van der Waals surface area contributed by atoms with E-state index in [2.05, 4.69) is 38.8 Å². The average Bonchev–Trinajstić information content (AvgIpc) is 2.93. The molecule has 0 saturated heterocycles. The Morgan fingerprint density at radius 3 is 2.47 bits per heavy atom. The third kappa shape index (κ3) is 3.11. The Hall–Kier alpha value is -0.200. The molecule has 3 atom stereocenters. The number of thiophene rings is 1. The molecule has 0 aromatic carbocycles. The van der Waals surface area contributed by atoms with Crippen molar-refractivity contribution in [1.29, 1.82) is 0 Å². The van der Waals surface area contributed by atoms with Crippen molar-refractivity contribution in [3.63, 3.8) is 0 Å². The maximum Gasteiger partial charge on any atom is 0.307 e. The Morgan fingerprint density at radius 2 is 2.00 bits per heavy atom.